The van der Waals surface area contributed by atoms with Crippen molar-refractivity contribution in [2.75, 3.05) is 0 Å². The summed E-state index contributed by atoms with van der Waals surface area (Å²) in [5.74, 6) is -0.951. The van der Waals surface area contributed by atoms with Crippen LogP contribution < -0.4 is 0 Å². The van der Waals surface area contributed by atoms with E-state index in [1.165, 1.54) is 0 Å². The smallest absolute Gasteiger partial charge is 0.337 e. The molecule has 0 fully saturated rings. The fourth-order valence-electron chi connectivity index (χ4n) is 1.42. The molecule has 2 aromatic rings. The highest BCUT2D eigenvalue weighted by molar-refractivity contribution is 6.00. The van der Waals surface area contributed by atoms with E-state index in [1.54, 1.807) is 22.9 Å². The molecule has 5 nitrogen and oxygen atoms in total. The first-order chi connectivity index (χ1) is 6.74. The molecule has 72 valence electrons. The van der Waals surface area contributed by atoms with Gasteiger partial charge in [0.15, 0.2) is 0 Å². The van der Waals surface area contributed by atoms with Gasteiger partial charge in [-0.25, -0.2) is 9.48 Å². The number of para-hydroxylation sites is 1. The number of aromatic nitrogens is 3. The summed E-state index contributed by atoms with van der Waals surface area (Å²) >= 11 is 0. The van der Waals surface area contributed by atoms with Crippen LogP contribution in [0.5, 0.6) is 0 Å². The third-order valence-corrected chi connectivity index (χ3v) is 2.06. The van der Waals surface area contributed by atoms with Crippen LogP contribution in [-0.2, 0) is 6.54 Å². The van der Waals surface area contributed by atoms with Gasteiger partial charge in [0.1, 0.15) is 11.0 Å². The molecule has 0 radical (unpaired) electrons. The second-order valence-corrected chi connectivity index (χ2v) is 2.88. The third-order valence-electron chi connectivity index (χ3n) is 2.06. The normalized spacial score (nSPS) is 10.6. The fraction of sp³-hybridized carbons (Fsp3) is 0.222. The van der Waals surface area contributed by atoms with Crippen molar-refractivity contribution < 1.29 is 9.90 Å². The zero-order chi connectivity index (χ0) is 10.1. The maximum atomic E-state index is 10.9. The number of rotatable bonds is 2. The third kappa shape index (κ3) is 1.14. The van der Waals surface area contributed by atoms with Gasteiger partial charge >= 0.3 is 5.97 Å². The predicted molar refractivity (Wildman–Crippen MR) is 50.2 cm³/mol. The molecule has 1 N–H and O–H groups in total. The van der Waals surface area contributed by atoms with Crippen molar-refractivity contribution in [3.63, 3.8) is 0 Å². The summed E-state index contributed by atoms with van der Waals surface area (Å²) in [6.07, 6.45) is 0. The molecule has 0 aliphatic heterocycles. The minimum absolute atomic E-state index is 0.245. The summed E-state index contributed by atoms with van der Waals surface area (Å²) in [4.78, 5) is 10.9. The number of hydrogen-bond donors (Lipinski definition) is 1. The second-order valence-electron chi connectivity index (χ2n) is 2.88. The van der Waals surface area contributed by atoms with Gasteiger partial charge in [0.2, 0.25) is 0 Å². The molecule has 1 aromatic heterocycles. The molecular formula is C9H9N3O2. The Morgan fingerprint density at radius 3 is 3.00 bits per heavy atom. The number of fused-ring (bicyclic) bond motifs is 1. The lowest BCUT2D eigenvalue weighted by Gasteiger charge is -1.99. The first kappa shape index (κ1) is 8.68. The molecule has 0 saturated heterocycles. The molecular weight excluding hydrogens is 182 g/mol. The molecule has 5 heteroatoms. The average Bonchev–Trinajstić information content (AvgIpc) is 2.59. The van der Waals surface area contributed by atoms with E-state index in [9.17, 15) is 4.79 Å². The summed E-state index contributed by atoms with van der Waals surface area (Å²) < 4.78 is 1.58. The number of carboxylic acid groups (broad SMARTS) is 1. The number of aryl methyl sites for hydroxylation is 1. The monoisotopic (exact) mass is 191 g/mol. The Morgan fingerprint density at radius 2 is 2.36 bits per heavy atom. The van der Waals surface area contributed by atoms with Crippen molar-refractivity contribution in [3.8, 4) is 0 Å². The van der Waals surface area contributed by atoms with Gasteiger partial charge < -0.3 is 5.11 Å². The minimum atomic E-state index is -0.951. The molecule has 0 atom stereocenters. The van der Waals surface area contributed by atoms with Crippen LogP contribution in [0.2, 0.25) is 0 Å². The summed E-state index contributed by atoms with van der Waals surface area (Å²) in [6.45, 7) is 2.51. The van der Waals surface area contributed by atoms with Gasteiger partial charge in [0.25, 0.3) is 0 Å². The lowest BCUT2D eigenvalue weighted by Crippen LogP contribution is -2.03. The van der Waals surface area contributed by atoms with Gasteiger partial charge in [0.05, 0.1) is 5.56 Å². The molecule has 0 aliphatic carbocycles. The lowest BCUT2D eigenvalue weighted by atomic mass is 10.2. The Kier molecular flexibility index (Phi) is 1.92. The zero-order valence-corrected chi connectivity index (χ0v) is 7.64. The summed E-state index contributed by atoms with van der Waals surface area (Å²) in [5.41, 5.74) is 1.45. The van der Waals surface area contributed by atoms with Crippen molar-refractivity contribution in [2.24, 2.45) is 0 Å². The van der Waals surface area contributed by atoms with E-state index in [2.05, 4.69) is 10.3 Å². The summed E-state index contributed by atoms with van der Waals surface area (Å²) in [6, 6.07) is 4.97. The number of carbonyl (C=O) groups is 1. The fourth-order valence-corrected chi connectivity index (χ4v) is 1.42. The highest BCUT2D eigenvalue weighted by atomic mass is 16.4. The van der Waals surface area contributed by atoms with E-state index < -0.39 is 5.97 Å². The van der Waals surface area contributed by atoms with Gasteiger partial charge in [-0.2, -0.15) is 0 Å². The van der Waals surface area contributed by atoms with Crippen LogP contribution in [0.3, 0.4) is 0 Å². The lowest BCUT2D eigenvalue weighted by molar-refractivity contribution is 0.0698. The maximum absolute atomic E-state index is 10.9. The first-order valence-electron chi connectivity index (χ1n) is 4.29. The van der Waals surface area contributed by atoms with E-state index in [-0.39, 0.29) is 5.56 Å². The van der Waals surface area contributed by atoms with Gasteiger partial charge in [-0.15, -0.1) is 5.10 Å². The molecule has 0 unspecified atom stereocenters. The molecule has 2 rings (SSSR count). The average molecular weight is 191 g/mol. The largest absolute Gasteiger partial charge is 0.478 e. The van der Waals surface area contributed by atoms with Crippen LogP contribution in [0.15, 0.2) is 18.2 Å². The number of aromatic carboxylic acids is 1. The highest BCUT2D eigenvalue weighted by Crippen LogP contribution is 2.16. The second kappa shape index (κ2) is 3.10. The summed E-state index contributed by atoms with van der Waals surface area (Å²) in [5, 5.41) is 16.7. The zero-order valence-electron chi connectivity index (χ0n) is 7.64. The Balaban J connectivity index is 2.81. The minimum Gasteiger partial charge on any atom is -0.478 e. The number of benzene rings is 1. The van der Waals surface area contributed by atoms with Crippen LogP contribution in [0.4, 0.5) is 0 Å². The molecule has 0 amide bonds. The Morgan fingerprint density at radius 1 is 1.57 bits per heavy atom. The van der Waals surface area contributed by atoms with Crippen LogP contribution in [0.1, 0.15) is 17.3 Å². The van der Waals surface area contributed by atoms with Gasteiger partial charge in [-0.05, 0) is 19.1 Å². The van der Waals surface area contributed by atoms with Crippen LogP contribution >= 0.6 is 0 Å². The van der Waals surface area contributed by atoms with E-state index in [0.29, 0.717) is 17.6 Å². The van der Waals surface area contributed by atoms with Crippen molar-refractivity contribution >= 4 is 17.0 Å². The van der Waals surface area contributed by atoms with E-state index in [4.69, 9.17) is 5.11 Å². The molecule has 0 bridgehead atoms. The van der Waals surface area contributed by atoms with Crippen LogP contribution in [0.25, 0.3) is 11.0 Å². The number of nitrogens with zero attached hydrogens (tertiary/aromatic N) is 3. The van der Waals surface area contributed by atoms with Crippen molar-refractivity contribution in [1.29, 1.82) is 0 Å². The van der Waals surface area contributed by atoms with Gasteiger partial charge in [-0.3, -0.25) is 0 Å². The molecule has 1 heterocycles. The molecule has 0 saturated carbocycles. The van der Waals surface area contributed by atoms with Gasteiger partial charge in [-0.1, -0.05) is 11.3 Å². The number of carboxylic acids is 1. The maximum Gasteiger partial charge on any atom is 0.337 e. The van der Waals surface area contributed by atoms with Crippen molar-refractivity contribution in [2.45, 2.75) is 13.5 Å². The van der Waals surface area contributed by atoms with E-state index in [1.807, 2.05) is 6.92 Å². The number of hydrogen-bond acceptors (Lipinski definition) is 3. The van der Waals surface area contributed by atoms with E-state index in [0.717, 1.165) is 0 Å². The predicted octanol–water partition coefficient (Wildman–Crippen LogP) is 1.15. The van der Waals surface area contributed by atoms with E-state index >= 15 is 0 Å². The SMILES string of the molecule is CCn1nnc2cccc(C(=O)O)c21. The van der Waals surface area contributed by atoms with Gasteiger partial charge in [0, 0.05) is 6.54 Å². The highest BCUT2D eigenvalue weighted by Gasteiger charge is 2.12. The molecule has 14 heavy (non-hydrogen) atoms. The van der Waals surface area contributed by atoms with Crippen molar-refractivity contribution in [3.05, 3.63) is 23.8 Å². The molecule has 1 aromatic carbocycles. The topological polar surface area (TPSA) is 68.0 Å². The van der Waals surface area contributed by atoms with Crippen LogP contribution in [-0.4, -0.2) is 26.1 Å². The first-order valence-corrected chi connectivity index (χ1v) is 4.29. The Hall–Kier alpha value is -1.91. The molecule has 0 spiro atoms. The van der Waals surface area contributed by atoms with Crippen LogP contribution in [0, 0.1) is 0 Å². The Bertz CT molecular complexity index is 490. The molecule has 0 aliphatic rings. The van der Waals surface area contributed by atoms with Crippen molar-refractivity contribution in [1.82, 2.24) is 15.0 Å². The quantitative estimate of drug-likeness (QED) is 0.773. The summed E-state index contributed by atoms with van der Waals surface area (Å²) in [7, 11) is 0. The Labute approximate surface area is 80.0 Å². The standard InChI is InChI=1S/C9H9N3O2/c1-2-12-8-6(9(13)14)4-3-5-7(8)10-11-12/h3-5H,2H2,1H3,(H,13,14).